The molecule has 0 unspecified atom stereocenters. The van der Waals surface area contributed by atoms with Crippen LogP contribution in [0.5, 0.6) is 0 Å². The molecule has 1 aromatic carbocycles. The lowest BCUT2D eigenvalue weighted by Gasteiger charge is -2.38. The summed E-state index contributed by atoms with van der Waals surface area (Å²) in [5, 5.41) is 3.53. The maximum absolute atomic E-state index is 4.53. The molecule has 0 radical (unpaired) electrons. The van der Waals surface area contributed by atoms with Gasteiger partial charge in [-0.05, 0) is 26.0 Å². The smallest absolute Gasteiger partial charge is 0.120 e. The van der Waals surface area contributed by atoms with Crippen LogP contribution in [-0.4, -0.2) is 40.0 Å². The van der Waals surface area contributed by atoms with Crippen molar-refractivity contribution in [3.63, 3.8) is 0 Å². The third-order valence-corrected chi connectivity index (χ3v) is 4.28. The Morgan fingerprint density at radius 3 is 3.00 bits per heavy atom. The molecule has 112 valence electrons. The number of hydrogen-bond acceptors (Lipinski definition) is 3. The van der Waals surface area contributed by atoms with Crippen molar-refractivity contribution in [3.8, 4) is 11.3 Å². The van der Waals surface area contributed by atoms with Crippen LogP contribution in [0.15, 0.2) is 34.9 Å². The van der Waals surface area contributed by atoms with Gasteiger partial charge in [-0.3, -0.25) is 4.90 Å². The summed E-state index contributed by atoms with van der Waals surface area (Å²) in [6.07, 6.45) is 1.92. The number of nitrogens with zero attached hydrogens (tertiary/aromatic N) is 2. The highest BCUT2D eigenvalue weighted by atomic mass is 79.9. The van der Waals surface area contributed by atoms with Gasteiger partial charge in [-0.15, -0.1) is 0 Å². The van der Waals surface area contributed by atoms with E-state index in [1.165, 1.54) is 0 Å². The van der Waals surface area contributed by atoms with Gasteiger partial charge in [0.15, 0.2) is 0 Å². The monoisotopic (exact) mass is 348 g/mol. The minimum atomic E-state index is 0.179. The first kappa shape index (κ1) is 14.8. The Kier molecular flexibility index (Phi) is 4.15. The van der Waals surface area contributed by atoms with Crippen molar-refractivity contribution in [1.29, 1.82) is 0 Å². The lowest BCUT2D eigenvalue weighted by molar-refractivity contribution is 0.145. The maximum atomic E-state index is 4.53. The summed E-state index contributed by atoms with van der Waals surface area (Å²) in [7, 11) is 0. The van der Waals surface area contributed by atoms with E-state index in [0.29, 0.717) is 0 Å². The molecule has 0 aliphatic carbocycles. The normalized spacial score (nSPS) is 18.8. The van der Waals surface area contributed by atoms with E-state index in [9.17, 15) is 0 Å². The largest absolute Gasteiger partial charge is 0.341 e. The van der Waals surface area contributed by atoms with Gasteiger partial charge in [0.05, 0.1) is 18.4 Å². The van der Waals surface area contributed by atoms with Gasteiger partial charge in [-0.25, -0.2) is 4.98 Å². The van der Waals surface area contributed by atoms with Crippen LogP contribution in [0.3, 0.4) is 0 Å². The molecular weight excluding hydrogens is 328 g/mol. The van der Waals surface area contributed by atoms with E-state index < -0.39 is 0 Å². The Bertz CT molecular complexity index is 620. The first-order valence-electron chi connectivity index (χ1n) is 7.29. The fourth-order valence-electron chi connectivity index (χ4n) is 2.84. The van der Waals surface area contributed by atoms with Crippen LogP contribution >= 0.6 is 15.9 Å². The number of imidazole rings is 1. The Balaban J connectivity index is 1.71. The quantitative estimate of drug-likeness (QED) is 0.895. The van der Waals surface area contributed by atoms with Crippen molar-refractivity contribution in [2.75, 3.05) is 19.6 Å². The van der Waals surface area contributed by atoms with Crippen LogP contribution in [0.1, 0.15) is 19.7 Å². The lowest BCUT2D eigenvalue weighted by atomic mass is 10.0. The predicted octanol–water partition coefficient (Wildman–Crippen LogP) is 3.02. The Morgan fingerprint density at radius 1 is 1.38 bits per heavy atom. The second-order valence-corrected chi connectivity index (χ2v) is 7.19. The van der Waals surface area contributed by atoms with E-state index in [2.05, 4.69) is 62.1 Å². The summed E-state index contributed by atoms with van der Waals surface area (Å²) in [4.78, 5) is 10.4. The van der Waals surface area contributed by atoms with Gasteiger partial charge >= 0.3 is 0 Å². The molecule has 5 heteroatoms. The topological polar surface area (TPSA) is 44.0 Å². The number of piperazine rings is 1. The van der Waals surface area contributed by atoms with Crippen LogP contribution < -0.4 is 5.32 Å². The van der Waals surface area contributed by atoms with Crippen molar-refractivity contribution in [2.24, 2.45) is 0 Å². The first-order chi connectivity index (χ1) is 10.0. The molecule has 1 fully saturated rings. The second-order valence-electron chi connectivity index (χ2n) is 6.28. The van der Waals surface area contributed by atoms with Gasteiger partial charge in [0.2, 0.25) is 0 Å². The molecule has 2 aromatic rings. The molecule has 4 nitrogen and oxygen atoms in total. The minimum Gasteiger partial charge on any atom is -0.341 e. The highest BCUT2D eigenvalue weighted by Crippen LogP contribution is 2.22. The number of halogens is 1. The molecule has 0 bridgehead atoms. The second kappa shape index (κ2) is 5.91. The molecule has 1 aromatic heterocycles. The maximum Gasteiger partial charge on any atom is 0.120 e. The summed E-state index contributed by atoms with van der Waals surface area (Å²) in [6.45, 7) is 8.50. The number of nitrogens with one attached hydrogen (secondary N) is 2. The Hall–Kier alpha value is -1.17. The Labute approximate surface area is 134 Å². The molecule has 3 rings (SSSR count). The van der Waals surface area contributed by atoms with E-state index >= 15 is 0 Å². The molecule has 0 saturated carbocycles. The number of H-pyrrole nitrogens is 1. The van der Waals surface area contributed by atoms with Crippen LogP contribution in [0.2, 0.25) is 0 Å². The summed E-state index contributed by atoms with van der Waals surface area (Å²) in [5.74, 6) is 1.03. The molecule has 1 aliphatic rings. The summed E-state index contributed by atoms with van der Waals surface area (Å²) in [6, 6.07) is 8.27. The summed E-state index contributed by atoms with van der Waals surface area (Å²) in [5.41, 5.74) is 2.40. The SMILES string of the molecule is CC1(C)CN(Cc2ncc(-c3cccc(Br)c3)[nH]2)CCN1. The number of aromatic amines is 1. The molecule has 0 spiro atoms. The molecule has 0 atom stereocenters. The summed E-state index contributed by atoms with van der Waals surface area (Å²) < 4.78 is 1.08. The molecule has 21 heavy (non-hydrogen) atoms. The molecular formula is C16H21BrN4. The zero-order valence-electron chi connectivity index (χ0n) is 12.5. The molecule has 1 saturated heterocycles. The van der Waals surface area contributed by atoms with E-state index in [1.54, 1.807) is 0 Å². The van der Waals surface area contributed by atoms with Crippen molar-refractivity contribution in [3.05, 3.63) is 40.8 Å². The van der Waals surface area contributed by atoms with E-state index in [0.717, 1.165) is 47.7 Å². The Morgan fingerprint density at radius 2 is 2.24 bits per heavy atom. The third-order valence-electron chi connectivity index (χ3n) is 3.79. The average Bonchev–Trinajstić information content (AvgIpc) is 2.86. The standard InChI is InChI=1S/C16H21BrN4/c1-16(2)11-21(7-6-19-16)10-15-18-9-14(20-15)12-4-3-5-13(17)8-12/h3-5,8-9,19H,6-7,10-11H2,1-2H3,(H,18,20). The summed E-state index contributed by atoms with van der Waals surface area (Å²) >= 11 is 3.51. The van der Waals surface area contributed by atoms with Crippen molar-refractivity contribution >= 4 is 15.9 Å². The highest BCUT2D eigenvalue weighted by Gasteiger charge is 2.25. The number of aromatic nitrogens is 2. The van der Waals surface area contributed by atoms with Gasteiger partial charge in [0, 0.05) is 35.2 Å². The lowest BCUT2D eigenvalue weighted by Crippen LogP contribution is -2.56. The predicted molar refractivity (Wildman–Crippen MR) is 89.1 cm³/mol. The first-order valence-corrected chi connectivity index (χ1v) is 8.08. The molecule has 2 heterocycles. The molecule has 2 N–H and O–H groups in total. The fraction of sp³-hybridized carbons (Fsp3) is 0.438. The third kappa shape index (κ3) is 3.73. The van der Waals surface area contributed by atoms with Crippen LogP contribution in [0, 0.1) is 0 Å². The van der Waals surface area contributed by atoms with Crippen molar-refractivity contribution in [2.45, 2.75) is 25.9 Å². The van der Waals surface area contributed by atoms with Crippen LogP contribution in [0.25, 0.3) is 11.3 Å². The van der Waals surface area contributed by atoms with E-state index in [4.69, 9.17) is 0 Å². The highest BCUT2D eigenvalue weighted by molar-refractivity contribution is 9.10. The van der Waals surface area contributed by atoms with Crippen LogP contribution in [0.4, 0.5) is 0 Å². The number of benzene rings is 1. The number of rotatable bonds is 3. The van der Waals surface area contributed by atoms with Gasteiger partial charge < -0.3 is 10.3 Å². The van der Waals surface area contributed by atoms with Crippen molar-refractivity contribution in [1.82, 2.24) is 20.2 Å². The van der Waals surface area contributed by atoms with Crippen molar-refractivity contribution < 1.29 is 0 Å². The molecule has 1 aliphatic heterocycles. The zero-order chi connectivity index (χ0) is 14.9. The number of hydrogen-bond donors (Lipinski definition) is 2. The molecule has 0 amide bonds. The van der Waals surface area contributed by atoms with E-state index in [-0.39, 0.29) is 5.54 Å². The zero-order valence-corrected chi connectivity index (χ0v) is 14.1. The van der Waals surface area contributed by atoms with Gasteiger partial charge in [0.25, 0.3) is 0 Å². The van der Waals surface area contributed by atoms with Crippen LogP contribution in [-0.2, 0) is 6.54 Å². The van der Waals surface area contributed by atoms with Gasteiger partial charge in [0.1, 0.15) is 5.82 Å². The van der Waals surface area contributed by atoms with Gasteiger partial charge in [-0.1, -0.05) is 28.1 Å². The van der Waals surface area contributed by atoms with E-state index in [1.807, 2.05) is 18.3 Å². The van der Waals surface area contributed by atoms with Gasteiger partial charge in [-0.2, -0.15) is 0 Å². The average molecular weight is 349 g/mol. The fourth-order valence-corrected chi connectivity index (χ4v) is 3.24. The minimum absolute atomic E-state index is 0.179.